The highest BCUT2D eigenvalue weighted by Gasteiger charge is 2.26. The zero-order valence-electron chi connectivity index (χ0n) is 18.2. The molecular weight excluding hydrogens is 380 g/mol. The third-order valence-corrected chi connectivity index (χ3v) is 5.33. The van der Waals surface area contributed by atoms with Crippen LogP contribution in [-0.2, 0) is 25.1 Å². The first kappa shape index (κ1) is 20.1. The normalized spacial score (nSPS) is 14.2. The van der Waals surface area contributed by atoms with Crippen LogP contribution in [-0.4, -0.2) is 48.9 Å². The highest BCUT2D eigenvalue weighted by molar-refractivity contribution is 5.94. The van der Waals surface area contributed by atoms with Gasteiger partial charge in [-0.15, -0.1) is 0 Å². The maximum Gasteiger partial charge on any atom is 0.271 e. The van der Waals surface area contributed by atoms with E-state index in [1.807, 2.05) is 19.1 Å². The summed E-state index contributed by atoms with van der Waals surface area (Å²) in [6.07, 6.45) is 0. The number of likely N-dealkylation sites (N-methyl/N-ethyl adjacent to an activating group) is 1. The van der Waals surface area contributed by atoms with Crippen molar-refractivity contribution < 1.29 is 9.53 Å². The molecule has 0 bridgehead atoms. The van der Waals surface area contributed by atoms with Gasteiger partial charge in [0.1, 0.15) is 23.7 Å². The Morgan fingerprint density at radius 2 is 1.83 bits per heavy atom. The van der Waals surface area contributed by atoms with Gasteiger partial charge in [-0.1, -0.05) is 32.9 Å². The Hall–Kier alpha value is -3.16. The highest BCUT2D eigenvalue weighted by Crippen LogP contribution is 2.25. The number of carbonyl (C=O) groups excluding carboxylic acids is 1. The van der Waals surface area contributed by atoms with Crippen molar-refractivity contribution in [2.75, 3.05) is 13.6 Å². The van der Waals surface area contributed by atoms with Crippen LogP contribution in [0.25, 0.3) is 11.5 Å². The number of fused-ring (bicyclic) bond motifs is 1. The van der Waals surface area contributed by atoms with Crippen molar-refractivity contribution in [3.63, 3.8) is 0 Å². The predicted molar refractivity (Wildman–Crippen MR) is 113 cm³/mol. The molecule has 0 N–H and O–H groups in total. The number of ether oxygens (including phenoxy) is 1. The number of aromatic nitrogens is 5. The summed E-state index contributed by atoms with van der Waals surface area (Å²) in [5.41, 5.74) is 2.61. The molecule has 1 aliphatic rings. The van der Waals surface area contributed by atoms with Gasteiger partial charge in [0.05, 0.1) is 6.54 Å². The van der Waals surface area contributed by atoms with Gasteiger partial charge in [0.15, 0.2) is 11.6 Å². The zero-order chi connectivity index (χ0) is 21.5. The van der Waals surface area contributed by atoms with Crippen LogP contribution >= 0.6 is 0 Å². The Labute approximate surface area is 176 Å². The molecule has 3 aromatic rings. The first-order valence-corrected chi connectivity index (χ1v) is 10.3. The van der Waals surface area contributed by atoms with E-state index < -0.39 is 0 Å². The standard InChI is InChI=1S/C22H28N6O2/c1-6-27-20(17-13-18-21(29)26(5)11-12-28(18)24-17)23-19(25-27)14-30-16-9-7-15(8-10-16)22(2,3)4/h7-10,13H,6,11-12,14H2,1-5H3. The summed E-state index contributed by atoms with van der Waals surface area (Å²) in [5.74, 6) is 1.99. The largest absolute Gasteiger partial charge is 0.486 e. The monoisotopic (exact) mass is 408 g/mol. The van der Waals surface area contributed by atoms with Gasteiger partial charge in [-0.05, 0) is 30.0 Å². The van der Waals surface area contributed by atoms with Crippen molar-refractivity contribution in [1.82, 2.24) is 29.4 Å². The van der Waals surface area contributed by atoms with E-state index in [-0.39, 0.29) is 17.9 Å². The molecular formula is C22H28N6O2. The summed E-state index contributed by atoms with van der Waals surface area (Å²) in [4.78, 5) is 18.7. The van der Waals surface area contributed by atoms with Crippen LogP contribution in [0.1, 0.15) is 49.6 Å². The second-order valence-corrected chi connectivity index (χ2v) is 8.60. The lowest BCUT2D eigenvalue weighted by molar-refractivity contribution is 0.0743. The molecule has 0 radical (unpaired) electrons. The van der Waals surface area contributed by atoms with Gasteiger partial charge in [0.25, 0.3) is 5.91 Å². The second-order valence-electron chi connectivity index (χ2n) is 8.60. The molecule has 3 heterocycles. The van der Waals surface area contributed by atoms with Gasteiger partial charge in [0, 0.05) is 26.2 Å². The Bertz CT molecular complexity index is 1060. The maximum atomic E-state index is 12.4. The number of aryl methyl sites for hydroxylation is 1. The van der Waals surface area contributed by atoms with Crippen LogP contribution in [0.5, 0.6) is 5.75 Å². The van der Waals surface area contributed by atoms with Crippen molar-refractivity contribution in [2.24, 2.45) is 0 Å². The maximum absolute atomic E-state index is 12.4. The minimum Gasteiger partial charge on any atom is -0.486 e. The average Bonchev–Trinajstić information content (AvgIpc) is 3.33. The van der Waals surface area contributed by atoms with Crippen LogP contribution in [0.2, 0.25) is 0 Å². The van der Waals surface area contributed by atoms with Crippen molar-refractivity contribution in [3.05, 3.63) is 47.4 Å². The van der Waals surface area contributed by atoms with Crippen molar-refractivity contribution in [3.8, 4) is 17.3 Å². The number of nitrogens with zero attached hydrogens (tertiary/aromatic N) is 6. The Morgan fingerprint density at radius 3 is 2.50 bits per heavy atom. The zero-order valence-corrected chi connectivity index (χ0v) is 18.2. The summed E-state index contributed by atoms with van der Waals surface area (Å²) >= 11 is 0. The fraction of sp³-hybridized carbons (Fsp3) is 0.455. The topological polar surface area (TPSA) is 78.1 Å². The molecule has 4 rings (SSSR count). The van der Waals surface area contributed by atoms with Gasteiger partial charge >= 0.3 is 0 Å². The number of rotatable bonds is 5. The molecule has 0 atom stereocenters. The molecule has 1 aliphatic heterocycles. The fourth-order valence-corrected chi connectivity index (χ4v) is 3.47. The SMILES string of the molecule is CCn1nc(COc2ccc(C(C)(C)C)cc2)nc1-c1cc2n(n1)CCN(C)C2=O. The molecule has 0 unspecified atom stereocenters. The molecule has 158 valence electrons. The summed E-state index contributed by atoms with van der Waals surface area (Å²) in [6.45, 7) is 10.8. The van der Waals surface area contributed by atoms with Gasteiger partial charge in [0.2, 0.25) is 0 Å². The number of benzene rings is 1. The third-order valence-electron chi connectivity index (χ3n) is 5.33. The van der Waals surface area contributed by atoms with Gasteiger partial charge < -0.3 is 9.64 Å². The third kappa shape index (κ3) is 3.81. The lowest BCUT2D eigenvalue weighted by atomic mass is 9.87. The van der Waals surface area contributed by atoms with Gasteiger partial charge in [-0.3, -0.25) is 9.48 Å². The smallest absolute Gasteiger partial charge is 0.271 e. The van der Waals surface area contributed by atoms with Crippen LogP contribution in [0.3, 0.4) is 0 Å². The lowest BCUT2D eigenvalue weighted by Crippen LogP contribution is -2.37. The van der Waals surface area contributed by atoms with E-state index in [1.54, 1.807) is 27.4 Å². The number of amides is 1. The minimum absolute atomic E-state index is 0.0233. The van der Waals surface area contributed by atoms with E-state index in [9.17, 15) is 4.79 Å². The molecule has 30 heavy (non-hydrogen) atoms. The molecule has 1 aromatic carbocycles. The molecule has 0 saturated carbocycles. The molecule has 1 amide bonds. The molecule has 0 saturated heterocycles. The van der Waals surface area contributed by atoms with Crippen LogP contribution in [0, 0.1) is 0 Å². The van der Waals surface area contributed by atoms with Gasteiger partial charge in [-0.2, -0.15) is 10.2 Å². The summed E-state index contributed by atoms with van der Waals surface area (Å²) < 4.78 is 9.44. The van der Waals surface area contributed by atoms with Crippen LogP contribution in [0.15, 0.2) is 30.3 Å². The first-order valence-electron chi connectivity index (χ1n) is 10.3. The number of carbonyl (C=O) groups is 1. The van der Waals surface area contributed by atoms with Crippen molar-refractivity contribution >= 4 is 5.91 Å². The summed E-state index contributed by atoms with van der Waals surface area (Å²) in [7, 11) is 1.80. The minimum atomic E-state index is -0.0233. The highest BCUT2D eigenvalue weighted by atomic mass is 16.5. The summed E-state index contributed by atoms with van der Waals surface area (Å²) in [6, 6.07) is 9.92. The molecule has 2 aromatic heterocycles. The summed E-state index contributed by atoms with van der Waals surface area (Å²) in [5, 5.41) is 9.14. The van der Waals surface area contributed by atoms with E-state index >= 15 is 0 Å². The van der Waals surface area contributed by atoms with E-state index in [4.69, 9.17) is 4.74 Å². The van der Waals surface area contributed by atoms with Crippen molar-refractivity contribution in [2.45, 2.75) is 52.8 Å². The average molecular weight is 409 g/mol. The molecule has 8 nitrogen and oxygen atoms in total. The van der Waals surface area contributed by atoms with E-state index in [0.717, 1.165) is 5.75 Å². The lowest BCUT2D eigenvalue weighted by Gasteiger charge is -2.22. The number of hydrogen-bond donors (Lipinski definition) is 0. The molecule has 0 fully saturated rings. The van der Waals surface area contributed by atoms with E-state index in [0.29, 0.717) is 42.7 Å². The quantitative estimate of drug-likeness (QED) is 0.648. The Balaban J connectivity index is 1.52. The Morgan fingerprint density at radius 1 is 1.10 bits per heavy atom. The van der Waals surface area contributed by atoms with Crippen LogP contribution in [0.4, 0.5) is 0 Å². The molecule has 8 heteroatoms. The molecule has 0 aliphatic carbocycles. The van der Waals surface area contributed by atoms with E-state index in [1.165, 1.54) is 5.56 Å². The first-order chi connectivity index (χ1) is 14.3. The van der Waals surface area contributed by atoms with E-state index in [2.05, 4.69) is 48.1 Å². The fourth-order valence-electron chi connectivity index (χ4n) is 3.47. The van der Waals surface area contributed by atoms with Crippen molar-refractivity contribution in [1.29, 1.82) is 0 Å². The predicted octanol–water partition coefficient (Wildman–Crippen LogP) is 3.12. The molecule has 0 spiro atoms. The second kappa shape index (κ2) is 7.59. The van der Waals surface area contributed by atoms with Crippen LogP contribution < -0.4 is 4.74 Å². The van der Waals surface area contributed by atoms with Gasteiger partial charge in [-0.25, -0.2) is 9.67 Å². The Kier molecular flexibility index (Phi) is 5.09. The number of hydrogen-bond acceptors (Lipinski definition) is 5.